The summed E-state index contributed by atoms with van der Waals surface area (Å²) in [6.45, 7) is 5.61. The van der Waals surface area contributed by atoms with Crippen molar-refractivity contribution < 1.29 is 50.9 Å². The Labute approximate surface area is 190 Å². The molecule has 0 spiro atoms. The molecule has 2 saturated heterocycles. The lowest BCUT2D eigenvalue weighted by Gasteiger charge is -2.36. The molecule has 3 rings (SSSR count). The Bertz CT molecular complexity index is 718. The molecular weight excluding hydrogens is 482 g/mol. The van der Waals surface area contributed by atoms with Gasteiger partial charge in [0, 0.05) is 30.4 Å². The average molecular weight is 508 g/mol. The maximum absolute atomic E-state index is 10.6. The summed E-state index contributed by atoms with van der Waals surface area (Å²) in [5.41, 5.74) is 0. The van der Waals surface area contributed by atoms with Crippen molar-refractivity contribution in [3.05, 3.63) is 22.4 Å². The summed E-state index contributed by atoms with van der Waals surface area (Å²) in [6.07, 6.45) is -8.42. The van der Waals surface area contributed by atoms with E-state index in [1.807, 2.05) is 11.3 Å². The maximum atomic E-state index is 10.6. The molecule has 7 nitrogen and oxygen atoms in total. The summed E-state index contributed by atoms with van der Waals surface area (Å²) in [5.74, 6) is -3.99. The first-order valence-corrected chi connectivity index (χ1v) is 10.6. The van der Waals surface area contributed by atoms with E-state index in [2.05, 4.69) is 41.4 Å². The van der Waals surface area contributed by atoms with Crippen LogP contribution >= 0.6 is 11.3 Å². The molecule has 0 aromatic carbocycles. The lowest BCUT2D eigenvalue weighted by molar-refractivity contribution is -0.193. The van der Waals surface area contributed by atoms with Crippen LogP contribution in [0.1, 0.15) is 11.3 Å². The van der Waals surface area contributed by atoms with Crippen LogP contribution in [0.3, 0.4) is 0 Å². The van der Waals surface area contributed by atoms with Gasteiger partial charge in [0.2, 0.25) is 0 Å². The highest BCUT2D eigenvalue weighted by Gasteiger charge is 2.41. The zero-order chi connectivity index (χ0) is 25.4. The van der Waals surface area contributed by atoms with Gasteiger partial charge in [-0.25, -0.2) is 9.59 Å². The van der Waals surface area contributed by atoms with E-state index >= 15 is 0 Å². The summed E-state index contributed by atoms with van der Waals surface area (Å²) in [6, 6.07) is 4.40. The van der Waals surface area contributed by atoms with E-state index in [-0.39, 0.29) is 0 Å². The number of halogens is 6. The van der Waals surface area contributed by atoms with Gasteiger partial charge in [-0.3, -0.25) is 4.90 Å². The van der Waals surface area contributed by atoms with Gasteiger partial charge in [-0.15, -0.1) is 11.3 Å². The smallest absolute Gasteiger partial charge is 0.475 e. The number of hydrogen-bond donors (Lipinski definition) is 2. The highest BCUT2D eigenvalue weighted by atomic mass is 32.1. The van der Waals surface area contributed by atoms with Crippen LogP contribution in [0, 0.1) is 11.8 Å². The molecule has 2 aliphatic rings. The molecule has 190 valence electrons. The van der Waals surface area contributed by atoms with Crippen molar-refractivity contribution in [3.8, 4) is 0 Å². The van der Waals surface area contributed by atoms with E-state index in [0.717, 1.165) is 31.5 Å². The van der Waals surface area contributed by atoms with Crippen molar-refractivity contribution in [2.45, 2.75) is 31.4 Å². The van der Waals surface area contributed by atoms with E-state index < -0.39 is 24.3 Å². The molecule has 2 fully saturated rings. The number of carbonyl (C=O) groups is 2. The van der Waals surface area contributed by atoms with Gasteiger partial charge in [-0.05, 0) is 44.4 Å². The van der Waals surface area contributed by atoms with Crippen molar-refractivity contribution in [2.24, 2.45) is 11.8 Å². The second-order valence-corrected chi connectivity index (χ2v) is 8.80. The number of likely N-dealkylation sites (N-methyl/N-ethyl adjacent to an activating group) is 1. The minimum Gasteiger partial charge on any atom is -0.475 e. The fourth-order valence-corrected chi connectivity index (χ4v) is 4.16. The Morgan fingerprint density at radius 3 is 2.12 bits per heavy atom. The van der Waals surface area contributed by atoms with Crippen LogP contribution < -0.4 is 0 Å². The molecule has 0 saturated carbocycles. The lowest BCUT2D eigenvalue weighted by Crippen LogP contribution is -2.44. The van der Waals surface area contributed by atoms with Crippen molar-refractivity contribution in [1.82, 2.24) is 9.80 Å². The standard InChI is InChI=1S/C15H24N2OS.2C2HF3O2/c1-16(2)10-15-14-9-17(6-5-12(14)11-18-15)8-13-4-3-7-19-13;2*3-2(4,5)1(6)7/h3-4,7,12,14-15H,5-6,8-11H2,1-2H3;2*(H,6,7)/t12-,14-,15+;;/m0../s1. The van der Waals surface area contributed by atoms with Crippen molar-refractivity contribution in [3.63, 3.8) is 0 Å². The van der Waals surface area contributed by atoms with Gasteiger partial charge >= 0.3 is 24.3 Å². The van der Waals surface area contributed by atoms with Gasteiger partial charge in [0.1, 0.15) is 0 Å². The van der Waals surface area contributed by atoms with Gasteiger partial charge in [-0.2, -0.15) is 26.3 Å². The molecule has 2 N–H and O–H groups in total. The Morgan fingerprint density at radius 2 is 1.70 bits per heavy atom. The minimum absolute atomic E-state index is 0.436. The molecule has 0 radical (unpaired) electrons. The third-order valence-electron chi connectivity index (χ3n) is 4.88. The summed E-state index contributed by atoms with van der Waals surface area (Å²) < 4.78 is 69.5. The van der Waals surface area contributed by atoms with E-state index in [4.69, 9.17) is 24.5 Å². The van der Waals surface area contributed by atoms with Gasteiger partial charge in [0.15, 0.2) is 0 Å². The fraction of sp³-hybridized carbons (Fsp3) is 0.684. The lowest BCUT2D eigenvalue weighted by atomic mass is 9.84. The van der Waals surface area contributed by atoms with Crippen LogP contribution in [-0.4, -0.2) is 90.7 Å². The first-order valence-electron chi connectivity index (χ1n) is 9.72. The third kappa shape index (κ3) is 10.7. The number of alkyl halides is 6. The molecule has 0 amide bonds. The molecule has 33 heavy (non-hydrogen) atoms. The summed E-state index contributed by atoms with van der Waals surface area (Å²) in [7, 11) is 4.28. The average Bonchev–Trinajstić information content (AvgIpc) is 3.31. The van der Waals surface area contributed by atoms with Crippen molar-refractivity contribution in [1.29, 1.82) is 0 Å². The molecule has 1 aromatic rings. The quantitative estimate of drug-likeness (QED) is 0.603. The molecule has 14 heteroatoms. The monoisotopic (exact) mass is 508 g/mol. The van der Waals surface area contributed by atoms with Crippen molar-refractivity contribution >= 4 is 23.3 Å². The molecule has 3 heterocycles. The predicted molar refractivity (Wildman–Crippen MR) is 107 cm³/mol. The number of hydrogen-bond acceptors (Lipinski definition) is 6. The van der Waals surface area contributed by atoms with Crippen LogP contribution in [0.2, 0.25) is 0 Å². The molecule has 1 aromatic heterocycles. The zero-order valence-corrected chi connectivity index (χ0v) is 18.7. The Hall–Kier alpha value is -1.90. The topological polar surface area (TPSA) is 90.3 Å². The van der Waals surface area contributed by atoms with Gasteiger partial charge in [0.25, 0.3) is 0 Å². The number of likely N-dealkylation sites (tertiary alicyclic amines) is 1. The number of nitrogens with zero attached hydrogens (tertiary/aromatic N) is 2. The highest BCUT2D eigenvalue weighted by molar-refractivity contribution is 7.09. The molecular formula is C19H26F6N2O5S. The fourth-order valence-electron chi connectivity index (χ4n) is 3.41. The predicted octanol–water partition coefficient (Wildman–Crippen LogP) is 3.41. The number of thiophene rings is 1. The van der Waals surface area contributed by atoms with Crippen LogP contribution in [0.25, 0.3) is 0 Å². The number of aliphatic carboxylic acids is 2. The number of carboxylic acids is 2. The molecule has 3 atom stereocenters. The Balaban J connectivity index is 0.000000324. The second kappa shape index (κ2) is 12.5. The normalized spacial score (nSPS) is 23.1. The first kappa shape index (κ1) is 29.1. The van der Waals surface area contributed by atoms with E-state index in [0.29, 0.717) is 6.10 Å². The van der Waals surface area contributed by atoms with Crippen LogP contribution in [0.4, 0.5) is 26.3 Å². The number of rotatable bonds is 4. The molecule has 2 aliphatic heterocycles. The Kier molecular flexibility index (Phi) is 11.1. The molecule has 0 bridgehead atoms. The summed E-state index contributed by atoms with van der Waals surface area (Å²) in [4.78, 5) is 24.1. The summed E-state index contributed by atoms with van der Waals surface area (Å²) in [5, 5.41) is 16.4. The SMILES string of the molecule is CN(C)C[C@H]1OC[C@@H]2CCN(Cc3cccs3)C[C@@H]21.O=C(O)C(F)(F)F.O=C(O)C(F)(F)F. The largest absolute Gasteiger partial charge is 0.490 e. The molecule has 0 aliphatic carbocycles. The second-order valence-electron chi connectivity index (χ2n) is 7.77. The Morgan fingerprint density at radius 1 is 1.15 bits per heavy atom. The van der Waals surface area contributed by atoms with Crippen LogP contribution in [0.5, 0.6) is 0 Å². The molecule has 0 unspecified atom stereocenters. The van der Waals surface area contributed by atoms with Crippen molar-refractivity contribution in [2.75, 3.05) is 40.3 Å². The number of piperidine rings is 1. The zero-order valence-electron chi connectivity index (χ0n) is 17.9. The van der Waals surface area contributed by atoms with Gasteiger partial charge in [-0.1, -0.05) is 6.07 Å². The third-order valence-corrected chi connectivity index (χ3v) is 5.74. The van der Waals surface area contributed by atoms with E-state index in [1.54, 1.807) is 0 Å². The van der Waals surface area contributed by atoms with E-state index in [9.17, 15) is 26.3 Å². The maximum Gasteiger partial charge on any atom is 0.490 e. The van der Waals surface area contributed by atoms with Crippen LogP contribution in [-0.2, 0) is 20.9 Å². The van der Waals surface area contributed by atoms with Gasteiger partial charge in [0.05, 0.1) is 12.7 Å². The van der Waals surface area contributed by atoms with E-state index in [1.165, 1.54) is 24.4 Å². The van der Waals surface area contributed by atoms with Gasteiger partial charge < -0.3 is 19.8 Å². The minimum atomic E-state index is -5.08. The number of ether oxygens (including phenoxy) is 1. The first-order chi connectivity index (χ1) is 15.1. The number of carboxylic acid groups (broad SMARTS) is 2. The highest BCUT2D eigenvalue weighted by Crippen LogP contribution is 2.35. The van der Waals surface area contributed by atoms with Crippen LogP contribution in [0.15, 0.2) is 17.5 Å². The summed E-state index contributed by atoms with van der Waals surface area (Å²) >= 11 is 1.87. The number of fused-ring (bicyclic) bond motifs is 1.